The summed E-state index contributed by atoms with van der Waals surface area (Å²) in [5.41, 5.74) is 1.16. The molecule has 2 rings (SSSR count). The molecule has 0 radical (unpaired) electrons. The van der Waals surface area contributed by atoms with E-state index in [1.54, 1.807) is 0 Å². The fourth-order valence-corrected chi connectivity index (χ4v) is 2.55. The lowest BCUT2D eigenvalue weighted by atomic mass is 10.2. The minimum absolute atomic E-state index is 0.148. The van der Waals surface area contributed by atoms with Crippen LogP contribution < -0.4 is 10.1 Å². The van der Waals surface area contributed by atoms with Gasteiger partial charge in [-0.15, -0.1) is 0 Å². The number of aryl methyl sites for hydroxylation is 1. The van der Waals surface area contributed by atoms with Gasteiger partial charge in [0, 0.05) is 24.2 Å². The summed E-state index contributed by atoms with van der Waals surface area (Å²) >= 11 is 3.47. The van der Waals surface area contributed by atoms with Gasteiger partial charge in [-0.25, -0.2) is 0 Å². The summed E-state index contributed by atoms with van der Waals surface area (Å²) in [6, 6.07) is 6.11. The molecule has 0 saturated carbocycles. The maximum absolute atomic E-state index is 5.96. The van der Waals surface area contributed by atoms with Gasteiger partial charge in [0.25, 0.3) is 0 Å². The van der Waals surface area contributed by atoms with E-state index in [0.717, 1.165) is 35.5 Å². The summed E-state index contributed by atoms with van der Waals surface area (Å²) in [7, 11) is 0. The number of hydrogen-bond acceptors (Lipinski definition) is 3. The molecular formula is C15H22BrNO2. The maximum atomic E-state index is 5.96. The maximum Gasteiger partial charge on any atom is 0.123 e. The number of halogens is 1. The van der Waals surface area contributed by atoms with Gasteiger partial charge in [-0.2, -0.15) is 0 Å². The SMILES string of the molecule is Cc1ccc(Br)cc1OC(C)CNCC1CCCO1. The topological polar surface area (TPSA) is 30.5 Å². The van der Waals surface area contributed by atoms with Crippen LogP contribution in [0.2, 0.25) is 0 Å². The van der Waals surface area contributed by atoms with Gasteiger partial charge in [0.15, 0.2) is 0 Å². The largest absolute Gasteiger partial charge is 0.489 e. The van der Waals surface area contributed by atoms with Crippen molar-refractivity contribution in [1.29, 1.82) is 0 Å². The van der Waals surface area contributed by atoms with Gasteiger partial charge in [-0.05, 0) is 44.4 Å². The molecule has 19 heavy (non-hydrogen) atoms. The smallest absolute Gasteiger partial charge is 0.123 e. The Labute approximate surface area is 123 Å². The molecule has 3 nitrogen and oxygen atoms in total. The fourth-order valence-electron chi connectivity index (χ4n) is 2.21. The van der Waals surface area contributed by atoms with E-state index in [2.05, 4.69) is 41.2 Å². The molecule has 1 saturated heterocycles. The highest BCUT2D eigenvalue weighted by atomic mass is 79.9. The second-order valence-corrected chi connectivity index (χ2v) is 6.05. The van der Waals surface area contributed by atoms with Gasteiger partial charge in [0.1, 0.15) is 11.9 Å². The van der Waals surface area contributed by atoms with Crippen LogP contribution in [0.4, 0.5) is 0 Å². The average Bonchev–Trinajstić information content (AvgIpc) is 2.87. The van der Waals surface area contributed by atoms with Gasteiger partial charge in [0.2, 0.25) is 0 Å². The highest BCUT2D eigenvalue weighted by Crippen LogP contribution is 2.23. The summed E-state index contributed by atoms with van der Waals surface area (Å²) in [4.78, 5) is 0. The Balaban J connectivity index is 1.73. The zero-order valence-corrected chi connectivity index (χ0v) is 13.2. The van der Waals surface area contributed by atoms with E-state index in [0.29, 0.717) is 6.10 Å². The van der Waals surface area contributed by atoms with E-state index in [9.17, 15) is 0 Å². The Morgan fingerprint density at radius 2 is 2.37 bits per heavy atom. The second kappa shape index (κ2) is 7.27. The van der Waals surface area contributed by atoms with Gasteiger partial charge in [-0.3, -0.25) is 0 Å². The van der Waals surface area contributed by atoms with Crippen LogP contribution in [0.15, 0.2) is 22.7 Å². The molecule has 0 spiro atoms. The third-order valence-electron chi connectivity index (χ3n) is 3.31. The summed E-state index contributed by atoms with van der Waals surface area (Å²) in [6.45, 7) is 6.82. The zero-order valence-electron chi connectivity index (χ0n) is 11.6. The van der Waals surface area contributed by atoms with Crippen LogP contribution in [0.5, 0.6) is 5.75 Å². The van der Waals surface area contributed by atoms with Gasteiger partial charge in [0.05, 0.1) is 6.10 Å². The predicted molar refractivity (Wildman–Crippen MR) is 80.8 cm³/mol. The van der Waals surface area contributed by atoms with E-state index >= 15 is 0 Å². The minimum atomic E-state index is 0.148. The lowest BCUT2D eigenvalue weighted by molar-refractivity contribution is 0.106. The average molecular weight is 328 g/mol. The first kappa shape index (κ1) is 14.8. The van der Waals surface area contributed by atoms with Gasteiger partial charge in [-0.1, -0.05) is 22.0 Å². The molecule has 1 aliphatic heterocycles. The van der Waals surface area contributed by atoms with E-state index in [-0.39, 0.29) is 6.10 Å². The highest BCUT2D eigenvalue weighted by molar-refractivity contribution is 9.10. The molecule has 0 aromatic heterocycles. The van der Waals surface area contributed by atoms with Crippen molar-refractivity contribution in [3.8, 4) is 5.75 Å². The van der Waals surface area contributed by atoms with Crippen LogP contribution in [0.1, 0.15) is 25.3 Å². The number of rotatable bonds is 6. The Kier molecular flexibility index (Phi) is 5.67. The van der Waals surface area contributed by atoms with Crippen LogP contribution >= 0.6 is 15.9 Å². The molecule has 1 N–H and O–H groups in total. The minimum Gasteiger partial charge on any atom is -0.489 e. The van der Waals surface area contributed by atoms with E-state index in [1.807, 2.05) is 12.1 Å². The molecule has 1 aliphatic rings. The van der Waals surface area contributed by atoms with Crippen LogP contribution in [0.25, 0.3) is 0 Å². The normalized spacial score (nSPS) is 20.5. The highest BCUT2D eigenvalue weighted by Gasteiger charge is 2.15. The lowest BCUT2D eigenvalue weighted by Crippen LogP contribution is -2.34. The molecule has 0 aliphatic carbocycles. The van der Waals surface area contributed by atoms with E-state index < -0.39 is 0 Å². The van der Waals surface area contributed by atoms with E-state index in [1.165, 1.54) is 12.8 Å². The Bertz CT molecular complexity index is 405. The first-order valence-corrected chi connectivity index (χ1v) is 7.69. The molecule has 1 heterocycles. The van der Waals surface area contributed by atoms with E-state index in [4.69, 9.17) is 9.47 Å². The quantitative estimate of drug-likeness (QED) is 0.869. The molecular weight excluding hydrogens is 306 g/mol. The monoisotopic (exact) mass is 327 g/mol. The van der Waals surface area contributed by atoms with Crippen molar-refractivity contribution in [2.45, 2.75) is 38.9 Å². The Morgan fingerprint density at radius 1 is 1.53 bits per heavy atom. The lowest BCUT2D eigenvalue weighted by Gasteiger charge is -2.18. The third-order valence-corrected chi connectivity index (χ3v) is 3.80. The molecule has 4 heteroatoms. The molecule has 106 valence electrons. The van der Waals surface area contributed by atoms with Gasteiger partial charge >= 0.3 is 0 Å². The van der Waals surface area contributed by atoms with Crippen LogP contribution in [-0.4, -0.2) is 31.9 Å². The molecule has 0 bridgehead atoms. The van der Waals surface area contributed by atoms with Crippen molar-refractivity contribution < 1.29 is 9.47 Å². The van der Waals surface area contributed by atoms with Crippen molar-refractivity contribution in [3.63, 3.8) is 0 Å². The summed E-state index contributed by atoms with van der Waals surface area (Å²) in [5, 5.41) is 3.42. The van der Waals surface area contributed by atoms with Crippen LogP contribution in [0.3, 0.4) is 0 Å². The number of benzene rings is 1. The first-order chi connectivity index (χ1) is 9.15. The molecule has 0 amide bonds. The molecule has 2 atom stereocenters. The fraction of sp³-hybridized carbons (Fsp3) is 0.600. The predicted octanol–water partition coefficient (Wildman–Crippen LogP) is 3.29. The zero-order chi connectivity index (χ0) is 13.7. The van der Waals surface area contributed by atoms with Crippen molar-refractivity contribution in [1.82, 2.24) is 5.32 Å². The number of nitrogens with one attached hydrogen (secondary N) is 1. The Hall–Kier alpha value is -0.580. The van der Waals surface area contributed by atoms with Crippen molar-refractivity contribution in [3.05, 3.63) is 28.2 Å². The van der Waals surface area contributed by atoms with Crippen molar-refractivity contribution in [2.24, 2.45) is 0 Å². The molecule has 1 fully saturated rings. The summed E-state index contributed by atoms with van der Waals surface area (Å²) in [5.74, 6) is 0.945. The Morgan fingerprint density at radius 3 is 3.11 bits per heavy atom. The van der Waals surface area contributed by atoms with Gasteiger partial charge < -0.3 is 14.8 Å². The number of hydrogen-bond donors (Lipinski definition) is 1. The summed E-state index contributed by atoms with van der Waals surface area (Å²) in [6.07, 6.45) is 2.90. The van der Waals surface area contributed by atoms with Crippen LogP contribution in [0, 0.1) is 6.92 Å². The van der Waals surface area contributed by atoms with Crippen molar-refractivity contribution >= 4 is 15.9 Å². The molecule has 2 unspecified atom stereocenters. The molecule has 1 aromatic rings. The van der Waals surface area contributed by atoms with Crippen LogP contribution in [-0.2, 0) is 4.74 Å². The third kappa shape index (κ3) is 4.79. The number of ether oxygens (including phenoxy) is 2. The molecule has 1 aromatic carbocycles. The summed E-state index contributed by atoms with van der Waals surface area (Å²) < 4.78 is 12.6. The first-order valence-electron chi connectivity index (χ1n) is 6.90. The van der Waals surface area contributed by atoms with Crippen molar-refractivity contribution in [2.75, 3.05) is 19.7 Å². The standard InChI is InChI=1S/C15H22BrNO2/c1-11-5-6-13(16)8-15(11)19-12(2)9-17-10-14-4-3-7-18-14/h5-6,8,12,14,17H,3-4,7,9-10H2,1-2H3. The second-order valence-electron chi connectivity index (χ2n) is 5.13.